The molecule has 0 radical (unpaired) electrons. The van der Waals surface area contributed by atoms with Crippen LogP contribution in [0.1, 0.15) is 17.3 Å². The van der Waals surface area contributed by atoms with Gasteiger partial charge in [-0.1, -0.05) is 12.1 Å². The highest BCUT2D eigenvalue weighted by atomic mass is 19.2. The number of hydrogen-bond donors (Lipinski definition) is 0. The van der Waals surface area contributed by atoms with E-state index >= 15 is 0 Å². The van der Waals surface area contributed by atoms with E-state index in [4.69, 9.17) is 0 Å². The fraction of sp³-hybridized carbons (Fsp3) is 0.0714. The second-order valence-electron chi connectivity index (χ2n) is 3.85. The number of benzene rings is 2. The smallest absolute Gasteiger partial charge is 0.166 e. The number of ketones is 1. The summed E-state index contributed by atoms with van der Waals surface area (Å²) in [5.41, 5.74) is -0.0784. The summed E-state index contributed by atoms with van der Waals surface area (Å²) >= 11 is 0. The van der Waals surface area contributed by atoms with E-state index in [1.165, 1.54) is 31.2 Å². The van der Waals surface area contributed by atoms with Crippen molar-refractivity contribution in [2.45, 2.75) is 6.92 Å². The molecule has 0 spiro atoms. The summed E-state index contributed by atoms with van der Waals surface area (Å²) in [5.74, 6) is -3.16. The fourth-order valence-corrected chi connectivity index (χ4v) is 1.66. The largest absolute Gasteiger partial charge is 0.295 e. The maximum Gasteiger partial charge on any atom is 0.166 e. The highest BCUT2D eigenvalue weighted by Gasteiger charge is 2.14. The van der Waals surface area contributed by atoms with Gasteiger partial charge in [0.2, 0.25) is 0 Å². The molecule has 0 aliphatic carbocycles. The van der Waals surface area contributed by atoms with E-state index in [1.807, 2.05) is 0 Å². The molecule has 0 fully saturated rings. The van der Waals surface area contributed by atoms with Crippen LogP contribution in [0.25, 0.3) is 11.1 Å². The molecule has 18 heavy (non-hydrogen) atoms. The third-order valence-electron chi connectivity index (χ3n) is 2.61. The Hall–Kier alpha value is -2.10. The number of rotatable bonds is 2. The van der Waals surface area contributed by atoms with Crippen molar-refractivity contribution in [2.75, 3.05) is 0 Å². The Morgan fingerprint density at radius 2 is 1.67 bits per heavy atom. The molecule has 92 valence electrons. The van der Waals surface area contributed by atoms with Gasteiger partial charge in [0.05, 0.1) is 0 Å². The van der Waals surface area contributed by atoms with Crippen molar-refractivity contribution in [3.8, 4) is 11.1 Å². The van der Waals surface area contributed by atoms with Gasteiger partial charge in [-0.05, 0) is 31.2 Å². The summed E-state index contributed by atoms with van der Waals surface area (Å²) in [6, 6.07) is 7.09. The number of Topliss-reactive ketones (excluding diaryl/α,β-unsaturated/α-hetero) is 1. The maximum absolute atomic E-state index is 13.6. The van der Waals surface area contributed by atoms with Crippen molar-refractivity contribution in [1.29, 1.82) is 0 Å². The topological polar surface area (TPSA) is 17.1 Å². The van der Waals surface area contributed by atoms with Crippen LogP contribution in [-0.2, 0) is 0 Å². The first-order valence-electron chi connectivity index (χ1n) is 5.25. The van der Waals surface area contributed by atoms with Crippen LogP contribution < -0.4 is 0 Å². The summed E-state index contributed by atoms with van der Waals surface area (Å²) in [6.45, 7) is 1.32. The molecule has 0 aliphatic rings. The number of carbonyl (C=O) groups is 1. The molecule has 0 aliphatic heterocycles. The van der Waals surface area contributed by atoms with Gasteiger partial charge in [-0.2, -0.15) is 0 Å². The standard InChI is InChI=1S/C14H9F3O/c1-8(18)9-5-6-12(15)11(7-9)10-3-2-4-13(16)14(10)17/h2-7H,1H3. The Morgan fingerprint density at radius 3 is 2.33 bits per heavy atom. The van der Waals surface area contributed by atoms with E-state index in [-0.39, 0.29) is 22.5 Å². The average Bonchev–Trinajstić information content (AvgIpc) is 2.33. The van der Waals surface area contributed by atoms with Gasteiger partial charge in [0.25, 0.3) is 0 Å². The van der Waals surface area contributed by atoms with E-state index < -0.39 is 17.5 Å². The lowest BCUT2D eigenvalue weighted by Gasteiger charge is -2.07. The lowest BCUT2D eigenvalue weighted by atomic mass is 10.0. The summed E-state index contributed by atoms with van der Waals surface area (Å²) in [7, 11) is 0. The van der Waals surface area contributed by atoms with Crippen LogP contribution in [0.5, 0.6) is 0 Å². The predicted octanol–water partition coefficient (Wildman–Crippen LogP) is 3.97. The van der Waals surface area contributed by atoms with Crippen molar-refractivity contribution in [1.82, 2.24) is 0 Å². The molecule has 2 aromatic rings. The van der Waals surface area contributed by atoms with Crippen LogP contribution in [0, 0.1) is 17.5 Å². The van der Waals surface area contributed by atoms with Gasteiger partial charge in [0.1, 0.15) is 5.82 Å². The third-order valence-corrected chi connectivity index (χ3v) is 2.61. The van der Waals surface area contributed by atoms with Crippen molar-refractivity contribution < 1.29 is 18.0 Å². The van der Waals surface area contributed by atoms with Crippen LogP contribution in [0.15, 0.2) is 36.4 Å². The summed E-state index contributed by atoms with van der Waals surface area (Å²) < 4.78 is 40.3. The van der Waals surface area contributed by atoms with Gasteiger partial charge in [-0.25, -0.2) is 13.2 Å². The highest BCUT2D eigenvalue weighted by molar-refractivity contribution is 5.95. The Bertz CT molecular complexity index is 620. The fourth-order valence-electron chi connectivity index (χ4n) is 1.66. The lowest BCUT2D eigenvalue weighted by molar-refractivity contribution is 0.101. The average molecular weight is 250 g/mol. The van der Waals surface area contributed by atoms with Crippen molar-refractivity contribution in [2.24, 2.45) is 0 Å². The van der Waals surface area contributed by atoms with Gasteiger partial charge in [0, 0.05) is 16.7 Å². The van der Waals surface area contributed by atoms with E-state index in [2.05, 4.69) is 0 Å². The molecule has 1 nitrogen and oxygen atoms in total. The molecule has 0 saturated heterocycles. The van der Waals surface area contributed by atoms with Crippen LogP contribution in [0.3, 0.4) is 0 Å². The third kappa shape index (κ3) is 2.14. The first kappa shape index (κ1) is 12.4. The Kier molecular flexibility index (Phi) is 3.19. The zero-order chi connectivity index (χ0) is 13.3. The van der Waals surface area contributed by atoms with E-state index in [0.717, 1.165) is 12.1 Å². The SMILES string of the molecule is CC(=O)c1ccc(F)c(-c2cccc(F)c2F)c1. The zero-order valence-electron chi connectivity index (χ0n) is 9.51. The Balaban J connectivity index is 2.66. The Morgan fingerprint density at radius 1 is 0.944 bits per heavy atom. The number of hydrogen-bond acceptors (Lipinski definition) is 1. The normalized spacial score (nSPS) is 10.4. The van der Waals surface area contributed by atoms with Crippen LogP contribution in [0.4, 0.5) is 13.2 Å². The molecule has 0 unspecified atom stereocenters. The molecule has 0 bridgehead atoms. The summed E-state index contributed by atoms with van der Waals surface area (Å²) in [4.78, 5) is 11.2. The minimum atomic E-state index is -1.13. The number of carbonyl (C=O) groups excluding carboxylic acids is 1. The highest BCUT2D eigenvalue weighted by Crippen LogP contribution is 2.27. The summed E-state index contributed by atoms with van der Waals surface area (Å²) in [5, 5.41) is 0. The molecule has 0 heterocycles. The predicted molar refractivity (Wildman–Crippen MR) is 61.8 cm³/mol. The Labute approximate surface area is 102 Å². The molecule has 0 atom stereocenters. The minimum absolute atomic E-state index is 0.125. The van der Waals surface area contributed by atoms with Crippen LogP contribution in [0.2, 0.25) is 0 Å². The van der Waals surface area contributed by atoms with Gasteiger partial charge >= 0.3 is 0 Å². The zero-order valence-corrected chi connectivity index (χ0v) is 9.51. The van der Waals surface area contributed by atoms with Gasteiger partial charge < -0.3 is 0 Å². The van der Waals surface area contributed by atoms with Gasteiger partial charge in [0.15, 0.2) is 17.4 Å². The van der Waals surface area contributed by atoms with E-state index in [9.17, 15) is 18.0 Å². The van der Waals surface area contributed by atoms with Gasteiger partial charge in [-0.3, -0.25) is 4.79 Å². The van der Waals surface area contributed by atoms with Crippen molar-refractivity contribution in [3.05, 3.63) is 59.4 Å². The first-order chi connectivity index (χ1) is 8.50. The lowest BCUT2D eigenvalue weighted by Crippen LogP contribution is -1.97. The maximum atomic E-state index is 13.6. The van der Waals surface area contributed by atoms with E-state index in [1.54, 1.807) is 0 Å². The van der Waals surface area contributed by atoms with Gasteiger partial charge in [-0.15, -0.1) is 0 Å². The quantitative estimate of drug-likeness (QED) is 0.737. The molecule has 0 saturated carbocycles. The van der Waals surface area contributed by atoms with E-state index in [0.29, 0.717) is 0 Å². The number of halogens is 3. The molecule has 4 heteroatoms. The molecule has 0 N–H and O–H groups in total. The second kappa shape index (κ2) is 4.64. The van der Waals surface area contributed by atoms with Crippen LogP contribution >= 0.6 is 0 Å². The molecule has 0 amide bonds. The summed E-state index contributed by atoms with van der Waals surface area (Å²) in [6.07, 6.45) is 0. The monoisotopic (exact) mass is 250 g/mol. The van der Waals surface area contributed by atoms with Crippen LogP contribution in [-0.4, -0.2) is 5.78 Å². The molecular weight excluding hydrogens is 241 g/mol. The second-order valence-corrected chi connectivity index (χ2v) is 3.85. The molecule has 2 aromatic carbocycles. The van der Waals surface area contributed by atoms with Crippen molar-refractivity contribution >= 4 is 5.78 Å². The van der Waals surface area contributed by atoms with Crippen molar-refractivity contribution in [3.63, 3.8) is 0 Å². The molecule has 0 aromatic heterocycles. The molecule has 2 rings (SSSR count). The minimum Gasteiger partial charge on any atom is -0.295 e. The first-order valence-corrected chi connectivity index (χ1v) is 5.25. The molecular formula is C14H9F3O.